The number of nitrogen functional groups attached to an aromatic ring is 1. The average Bonchev–Trinajstić information content (AvgIpc) is 3.50. The van der Waals surface area contributed by atoms with Gasteiger partial charge in [-0.25, -0.2) is 4.98 Å². The van der Waals surface area contributed by atoms with E-state index in [1.54, 1.807) is 7.11 Å². The summed E-state index contributed by atoms with van der Waals surface area (Å²) in [6, 6.07) is 10.8. The van der Waals surface area contributed by atoms with Crippen LogP contribution >= 0.6 is 0 Å². The smallest absolute Gasteiger partial charge is 0.222 e. The molecule has 39 heavy (non-hydrogen) atoms. The minimum absolute atomic E-state index is 0.135. The van der Waals surface area contributed by atoms with E-state index in [9.17, 15) is 0 Å². The van der Waals surface area contributed by atoms with E-state index in [0.29, 0.717) is 24.9 Å². The molecule has 1 fully saturated rings. The molecule has 3 aromatic heterocycles. The molecule has 1 aliphatic heterocycles. The number of ether oxygens (including phenoxy) is 2. The summed E-state index contributed by atoms with van der Waals surface area (Å²) in [4.78, 5) is 13.7. The van der Waals surface area contributed by atoms with Crippen molar-refractivity contribution in [2.24, 2.45) is 0 Å². The van der Waals surface area contributed by atoms with Crippen LogP contribution in [0.3, 0.4) is 0 Å². The summed E-state index contributed by atoms with van der Waals surface area (Å²) in [7, 11) is 3.86. The molecule has 4 aromatic rings. The van der Waals surface area contributed by atoms with Gasteiger partial charge in [0.25, 0.3) is 0 Å². The Kier molecular flexibility index (Phi) is 8.01. The van der Waals surface area contributed by atoms with E-state index in [1.807, 2.05) is 32.2 Å². The highest BCUT2D eigenvalue weighted by Gasteiger charge is 2.32. The molecular weight excluding hydrogens is 496 g/mol. The summed E-state index contributed by atoms with van der Waals surface area (Å²) >= 11 is 0. The number of hydrogen-bond acceptors (Lipinski definition) is 10. The lowest BCUT2D eigenvalue weighted by atomic mass is 10.0. The summed E-state index contributed by atoms with van der Waals surface area (Å²) in [6.07, 6.45) is 2.13. The fraction of sp³-hybridized carbons (Fsp3) is 0.464. The predicted octanol–water partition coefficient (Wildman–Crippen LogP) is 3.48. The number of hydrogen-bond donors (Lipinski definition) is 2. The van der Waals surface area contributed by atoms with E-state index in [4.69, 9.17) is 19.7 Å². The molecular formula is C28H38N8O3. The minimum atomic E-state index is 0.135. The molecule has 4 heterocycles. The van der Waals surface area contributed by atoms with Gasteiger partial charge in [-0.15, -0.1) is 0 Å². The Morgan fingerprint density at radius 1 is 1.21 bits per heavy atom. The van der Waals surface area contributed by atoms with Gasteiger partial charge in [0.1, 0.15) is 28.9 Å². The highest BCUT2D eigenvalue weighted by Crippen LogP contribution is 2.28. The quantitative estimate of drug-likeness (QED) is 0.261. The summed E-state index contributed by atoms with van der Waals surface area (Å²) in [5, 5.41) is 7.40. The Morgan fingerprint density at radius 2 is 2.03 bits per heavy atom. The molecule has 208 valence electrons. The van der Waals surface area contributed by atoms with Crippen LogP contribution in [0.4, 0.5) is 11.8 Å². The number of nitrogens with one attached hydrogen (secondary N) is 1. The van der Waals surface area contributed by atoms with E-state index >= 15 is 0 Å². The normalized spacial score (nSPS) is 15.1. The lowest BCUT2D eigenvalue weighted by Gasteiger charge is -2.46. The van der Waals surface area contributed by atoms with Gasteiger partial charge >= 0.3 is 0 Å². The monoisotopic (exact) mass is 534 g/mol. The van der Waals surface area contributed by atoms with Crippen LogP contribution in [0.5, 0.6) is 5.75 Å². The molecule has 5 rings (SSSR count). The van der Waals surface area contributed by atoms with Gasteiger partial charge in [-0.3, -0.25) is 9.80 Å². The number of aromatic nitrogens is 4. The van der Waals surface area contributed by atoms with Gasteiger partial charge in [-0.1, -0.05) is 17.3 Å². The van der Waals surface area contributed by atoms with Gasteiger partial charge in [-0.05, 0) is 45.5 Å². The first kappa shape index (κ1) is 26.9. The van der Waals surface area contributed by atoms with Crippen LogP contribution in [0.2, 0.25) is 0 Å². The molecule has 0 bridgehead atoms. The third kappa shape index (κ3) is 6.00. The Labute approximate surface area is 228 Å². The largest absolute Gasteiger partial charge is 0.496 e. The number of likely N-dealkylation sites (tertiary alicyclic amines) is 1. The molecule has 3 N–H and O–H groups in total. The Morgan fingerprint density at radius 3 is 2.74 bits per heavy atom. The van der Waals surface area contributed by atoms with Crippen LogP contribution in [0, 0.1) is 6.92 Å². The molecule has 1 unspecified atom stereocenters. The average molecular weight is 535 g/mol. The molecule has 1 aliphatic rings. The Balaban J connectivity index is 1.28. The molecule has 1 aromatic carbocycles. The standard InChI is InChI=1S/C28H38N8O3/c1-6-38-19(3)34(4)23-16-35(17-23)14-20-7-8-21(25(12-20)37-5)15-36-10-9-24-26(36)27(32-28(29)31-24)30-13-22-11-18(2)39-33-22/h7-12,19,23H,6,13-17H2,1-5H3,(H3,29,30,31,32). The van der Waals surface area contributed by atoms with E-state index in [1.165, 1.54) is 5.56 Å². The van der Waals surface area contributed by atoms with Crippen molar-refractivity contribution in [3.63, 3.8) is 0 Å². The lowest BCUT2D eigenvalue weighted by Crippen LogP contribution is -2.59. The molecule has 0 amide bonds. The number of likely N-dealkylation sites (N-methyl/N-ethyl adjacent to an activating group) is 1. The number of methoxy groups -OCH3 is 1. The van der Waals surface area contributed by atoms with Crippen LogP contribution < -0.4 is 15.8 Å². The summed E-state index contributed by atoms with van der Waals surface area (Å²) in [6.45, 7) is 10.8. The van der Waals surface area contributed by atoms with Crippen LogP contribution in [-0.4, -0.2) is 75.6 Å². The van der Waals surface area contributed by atoms with Gasteiger partial charge < -0.3 is 29.6 Å². The zero-order valence-corrected chi connectivity index (χ0v) is 23.3. The van der Waals surface area contributed by atoms with Crippen LogP contribution in [0.1, 0.15) is 36.4 Å². The summed E-state index contributed by atoms with van der Waals surface area (Å²) in [5.74, 6) is 2.48. The number of aryl methyl sites for hydroxylation is 1. The fourth-order valence-corrected chi connectivity index (χ4v) is 5.10. The number of nitrogens with two attached hydrogens (primary N) is 1. The topological polar surface area (TPSA) is 120 Å². The maximum absolute atomic E-state index is 5.99. The molecule has 11 heteroatoms. The first-order valence-electron chi connectivity index (χ1n) is 13.3. The first-order chi connectivity index (χ1) is 18.8. The van der Waals surface area contributed by atoms with Crippen LogP contribution in [-0.2, 0) is 24.4 Å². The van der Waals surface area contributed by atoms with E-state index in [-0.39, 0.29) is 12.2 Å². The molecule has 1 atom stereocenters. The molecule has 1 saturated heterocycles. The van der Waals surface area contributed by atoms with Crippen LogP contribution in [0.25, 0.3) is 11.0 Å². The number of rotatable bonds is 12. The SMILES string of the molecule is CCOC(C)N(C)C1CN(Cc2ccc(Cn3ccc4nc(N)nc(NCc5cc(C)on5)c43)c(OC)c2)C1. The van der Waals surface area contributed by atoms with Gasteiger partial charge in [0.05, 0.1) is 25.7 Å². The zero-order chi connectivity index (χ0) is 27.5. The van der Waals surface area contributed by atoms with Crippen molar-refractivity contribution in [1.82, 2.24) is 29.5 Å². The second-order valence-corrected chi connectivity index (χ2v) is 10.1. The van der Waals surface area contributed by atoms with Crippen molar-refractivity contribution >= 4 is 22.8 Å². The number of fused-ring (bicyclic) bond motifs is 1. The van der Waals surface area contributed by atoms with E-state index < -0.39 is 0 Å². The van der Waals surface area contributed by atoms with Gasteiger partial charge in [0, 0.05) is 50.1 Å². The third-order valence-corrected chi connectivity index (χ3v) is 7.34. The van der Waals surface area contributed by atoms with Crippen molar-refractivity contribution in [3.05, 3.63) is 59.1 Å². The first-order valence-corrected chi connectivity index (χ1v) is 13.3. The second kappa shape index (κ2) is 11.6. The summed E-state index contributed by atoms with van der Waals surface area (Å²) in [5.41, 5.74) is 10.7. The molecule has 0 saturated carbocycles. The highest BCUT2D eigenvalue weighted by atomic mass is 16.5. The molecule has 0 spiro atoms. The van der Waals surface area contributed by atoms with Crippen molar-refractivity contribution < 1.29 is 14.0 Å². The van der Waals surface area contributed by atoms with Crippen molar-refractivity contribution in [1.29, 1.82) is 0 Å². The van der Waals surface area contributed by atoms with Crippen molar-refractivity contribution in [2.75, 3.05) is 44.9 Å². The van der Waals surface area contributed by atoms with Crippen molar-refractivity contribution in [3.8, 4) is 5.75 Å². The maximum Gasteiger partial charge on any atom is 0.222 e. The van der Waals surface area contributed by atoms with E-state index in [2.05, 4.69) is 67.0 Å². The van der Waals surface area contributed by atoms with Gasteiger partial charge in [0.2, 0.25) is 5.95 Å². The van der Waals surface area contributed by atoms with Crippen LogP contribution in [0.15, 0.2) is 41.1 Å². The highest BCUT2D eigenvalue weighted by molar-refractivity contribution is 5.87. The summed E-state index contributed by atoms with van der Waals surface area (Å²) < 4.78 is 18.8. The zero-order valence-electron chi connectivity index (χ0n) is 23.3. The number of anilines is 2. The Bertz CT molecular complexity index is 1410. The second-order valence-electron chi connectivity index (χ2n) is 10.1. The molecule has 0 aliphatic carbocycles. The van der Waals surface area contributed by atoms with Gasteiger partial charge in [0.15, 0.2) is 5.82 Å². The number of benzene rings is 1. The molecule has 11 nitrogen and oxygen atoms in total. The fourth-order valence-electron chi connectivity index (χ4n) is 5.10. The van der Waals surface area contributed by atoms with E-state index in [0.717, 1.165) is 60.0 Å². The third-order valence-electron chi connectivity index (χ3n) is 7.34. The maximum atomic E-state index is 5.99. The molecule has 0 radical (unpaired) electrons. The Hall–Kier alpha value is -3.67. The predicted molar refractivity (Wildman–Crippen MR) is 151 cm³/mol. The lowest BCUT2D eigenvalue weighted by molar-refractivity contribution is -0.0843. The van der Waals surface area contributed by atoms with Gasteiger partial charge in [-0.2, -0.15) is 4.98 Å². The van der Waals surface area contributed by atoms with Crippen molar-refractivity contribution in [2.45, 2.75) is 52.7 Å². The number of nitrogens with zero attached hydrogens (tertiary/aromatic N) is 6. The minimum Gasteiger partial charge on any atom is -0.496 e.